The third-order valence-electron chi connectivity index (χ3n) is 6.65. The van der Waals surface area contributed by atoms with Crippen LogP contribution in [0.4, 0.5) is 5.69 Å². The van der Waals surface area contributed by atoms with Gasteiger partial charge in [-0.2, -0.15) is 0 Å². The fourth-order valence-electron chi connectivity index (χ4n) is 4.67. The molecule has 0 amide bonds. The summed E-state index contributed by atoms with van der Waals surface area (Å²) in [7, 11) is -3.72. The third kappa shape index (κ3) is 6.56. The number of nitrogens with zero attached hydrogens (tertiary/aromatic N) is 1. The molecule has 2 heterocycles. The second-order valence-electron chi connectivity index (χ2n) is 9.31. The zero-order chi connectivity index (χ0) is 25.7. The molecule has 37 heavy (non-hydrogen) atoms. The van der Waals surface area contributed by atoms with Crippen LogP contribution in [0, 0.1) is 0 Å². The Morgan fingerprint density at radius 2 is 1.65 bits per heavy atom. The zero-order valence-corrected chi connectivity index (χ0v) is 21.3. The number of morpholine rings is 1. The number of anilines is 1. The first-order valence-corrected chi connectivity index (χ1v) is 14.0. The van der Waals surface area contributed by atoms with E-state index >= 15 is 0 Å². The Hall–Kier alpha value is -2.79. The summed E-state index contributed by atoms with van der Waals surface area (Å²) in [6, 6.07) is 23.2. The van der Waals surface area contributed by atoms with E-state index in [2.05, 4.69) is 9.62 Å². The molecule has 2 fully saturated rings. The maximum atomic E-state index is 12.8. The highest BCUT2D eigenvalue weighted by molar-refractivity contribution is 7.92. The molecule has 3 atom stereocenters. The van der Waals surface area contributed by atoms with Gasteiger partial charge in [0.25, 0.3) is 10.0 Å². The molecule has 0 spiro atoms. The molecule has 0 aromatic heterocycles. The zero-order valence-electron chi connectivity index (χ0n) is 20.5. The van der Waals surface area contributed by atoms with Crippen LogP contribution in [0.1, 0.15) is 35.5 Å². The number of aliphatic hydroxyl groups is 1. The van der Waals surface area contributed by atoms with E-state index < -0.39 is 16.3 Å². The molecular weight excluding hydrogens is 492 g/mol. The van der Waals surface area contributed by atoms with Crippen molar-refractivity contribution in [2.45, 2.75) is 36.4 Å². The minimum absolute atomic E-state index is 0.0110. The van der Waals surface area contributed by atoms with Crippen LogP contribution in [0.2, 0.25) is 0 Å². The highest BCUT2D eigenvalue weighted by Crippen LogP contribution is 2.38. The van der Waals surface area contributed by atoms with Gasteiger partial charge in [0.15, 0.2) is 6.29 Å². The normalized spacial score (nSPS) is 23.0. The summed E-state index contributed by atoms with van der Waals surface area (Å²) in [6.07, 6.45) is -0.262. The molecule has 2 N–H and O–H groups in total. The first-order valence-electron chi connectivity index (χ1n) is 12.5. The van der Waals surface area contributed by atoms with Gasteiger partial charge in [0.1, 0.15) is 0 Å². The molecule has 2 saturated heterocycles. The van der Waals surface area contributed by atoms with E-state index in [1.807, 2.05) is 30.3 Å². The topological polar surface area (TPSA) is 97.3 Å². The van der Waals surface area contributed by atoms with Crippen molar-refractivity contribution in [1.29, 1.82) is 0 Å². The summed E-state index contributed by atoms with van der Waals surface area (Å²) in [4.78, 5) is 2.54. The lowest BCUT2D eigenvalue weighted by Gasteiger charge is -2.39. The average Bonchev–Trinajstić information content (AvgIpc) is 2.94. The van der Waals surface area contributed by atoms with Crippen LogP contribution >= 0.6 is 0 Å². The Kier molecular flexibility index (Phi) is 8.19. The Balaban J connectivity index is 1.37. The van der Waals surface area contributed by atoms with Gasteiger partial charge in [-0.15, -0.1) is 0 Å². The van der Waals surface area contributed by atoms with Gasteiger partial charge in [-0.25, -0.2) is 8.42 Å². The summed E-state index contributed by atoms with van der Waals surface area (Å²) in [5.41, 5.74) is 3.03. The van der Waals surface area contributed by atoms with Gasteiger partial charge in [-0.3, -0.25) is 9.62 Å². The molecule has 3 aromatic carbocycles. The molecule has 3 aromatic rings. The first-order chi connectivity index (χ1) is 18.0. The number of benzene rings is 3. The number of ether oxygens (including phenoxy) is 3. The first kappa shape index (κ1) is 25.8. The van der Waals surface area contributed by atoms with Crippen LogP contribution in [0.5, 0.6) is 0 Å². The van der Waals surface area contributed by atoms with Crippen molar-refractivity contribution in [3.63, 3.8) is 0 Å². The van der Waals surface area contributed by atoms with E-state index in [9.17, 15) is 13.5 Å². The predicted molar refractivity (Wildman–Crippen MR) is 139 cm³/mol. The molecule has 9 heteroatoms. The van der Waals surface area contributed by atoms with Gasteiger partial charge in [0, 0.05) is 37.3 Å². The average molecular weight is 525 g/mol. The molecule has 0 saturated carbocycles. The third-order valence-corrected chi connectivity index (χ3v) is 8.04. The minimum atomic E-state index is -3.72. The maximum absolute atomic E-state index is 12.8. The maximum Gasteiger partial charge on any atom is 0.261 e. The Morgan fingerprint density at radius 3 is 2.38 bits per heavy atom. The highest BCUT2D eigenvalue weighted by atomic mass is 32.2. The van der Waals surface area contributed by atoms with Crippen molar-refractivity contribution in [3.8, 4) is 0 Å². The van der Waals surface area contributed by atoms with Gasteiger partial charge < -0.3 is 19.3 Å². The fraction of sp³-hybridized carbons (Fsp3) is 0.357. The number of nitrogens with one attached hydrogen (secondary N) is 1. The number of rotatable bonds is 8. The molecule has 5 rings (SSSR count). The fourth-order valence-corrected chi connectivity index (χ4v) is 5.74. The van der Waals surface area contributed by atoms with Crippen molar-refractivity contribution in [2.75, 3.05) is 37.6 Å². The van der Waals surface area contributed by atoms with E-state index in [1.54, 1.807) is 48.5 Å². The van der Waals surface area contributed by atoms with Crippen molar-refractivity contribution < 1.29 is 27.7 Å². The second kappa shape index (κ2) is 11.7. The monoisotopic (exact) mass is 524 g/mol. The lowest BCUT2D eigenvalue weighted by molar-refractivity contribution is -0.253. The summed E-state index contributed by atoms with van der Waals surface area (Å²) in [5.74, 6) is 0. The lowest BCUT2D eigenvalue weighted by Crippen LogP contribution is -2.44. The van der Waals surface area contributed by atoms with Crippen LogP contribution in [0.3, 0.4) is 0 Å². The highest BCUT2D eigenvalue weighted by Gasteiger charge is 2.33. The molecule has 0 aliphatic carbocycles. The standard InChI is InChI=1S/C28H32N2O6S/c31-20-21-9-11-22(12-10-21)27-18-25(19-30-13-15-34-16-14-30)35-28(36-27)23-5-4-6-24(17-23)29-37(32,33)26-7-2-1-3-8-26/h1-12,17,25,27-29,31H,13-16,18-20H2. The molecule has 2 aliphatic heterocycles. The van der Waals surface area contributed by atoms with Gasteiger partial charge in [-0.05, 0) is 35.4 Å². The van der Waals surface area contributed by atoms with Crippen molar-refractivity contribution in [2.24, 2.45) is 0 Å². The molecule has 2 aliphatic rings. The second-order valence-corrected chi connectivity index (χ2v) is 11.0. The number of sulfonamides is 1. The van der Waals surface area contributed by atoms with Crippen LogP contribution in [-0.4, -0.2) is 57.4 Å². The Morgan fingerprint density at radius 1 is 0.892 bits per heavy atom. The molecule has 0 radical (unpaired) electrons. The Labute approximate surface area is 217 Å². The van der Waals surface area contributed by atoms with Gasteiger partial charge in [0.2, 0.25) is 0 Å². The quantitative estimate of drug-likeness (QED) is 0.462. The lowest BCUT2D eigenvalue weighted by atomic mass is 9.99. The number of hydrogen-bond acceptors (Lipinski definition) is 7. The van der Waals surface area contributed by atoms with Gasteiger partial charge in [0.05, 0.1) is 36.9 Å². The van der Waals surface area contributed by atoms with Crippen LogP contribution < -0.4 is 4.72 Å². The largest absolute Gasteiger partial charge is 0.392 e. The van der Waals surface area contributed by atoms with E-state index in [-0.39, 0.29) is 23.7 Å². The van der Waals surface area contributed by atoms with E-state index in [1.165, 1.54) is 0 Å². The van der Waals surface area contributed by atoms with Gasteiger partial charge in [-0.1, -0.05) is 54.6 Å². The van der Waals surface area contributed by atoms with Crippen molar-refractivity contribution in [1.82, 2.24) is 4.90 Å². The minimum Gasteiger partial charge on any atom is -0.392 e. The van der Waals surface area contributed by atoms with Crippen LogP contribution in [0.25, 0.3) is 0 Å². The number of aliphatic hydroxyl groups excluding tert-OH is 1. The van der Waals surface area contributed by atoms with Crippen LogP contribution in [0.15, 0.2) is 83.8 Å². The molecule has 0 bridgehead atoms. The van der Waals surface area contributed by atoms with Crippen LogP contribution in [-0.2, 0) is 30.8 Å². The summed E-state index contributed by atoms with van der Waals surface area (Å²) in [6.45, 7) is 3.89. The molecular formula is C28H32N2O6S. The smallest absolute Gasteiger partial charge is 0.261 e. The van der Waals surface area contributed by atoms with Crippen molar-refractivity contribution >= 4 is 15.7 Å². The van der Waals surface area contributed by atoms with E-state index in [0.717, 1.165) is 36.3 Å². The predicted octanol–water partition coefficient (Wildman–Crippen LogP) is 3.86. The van der Waals surface area contributed by atoms with Crippen molar-refractivity contribution in [3.05, 3.63) is 95.6 Å². The van der Waals surface area contributed by atoms with E-state index in [0.29, 0.717) is 25.3 Å². The number of hydrogen-bond donors (Lipinski definition) is 2. The van der Waals surface area contributed by atoms with E-state index in [4.69, 9.17) is 14.2 Å². The van der Waals surface area contributed by atoms with Gasteiger partial charge >= 0.3 is 0 Å². The Bertz CT molecular complexity index is 1260. The summed E-state index contributed by atoms with van der Waals surface area (Å²) in [5, 5.41) is 9.42. The summed E-state index contributed by atoms with van der Waals surface area (Å²) < 4.78 is 46.7. The summed E-state index contributed by atoms with van der Waals surface area (Å²) >= 11 is 0. The molecule has 196 valence electrons. The molecule has 3 unspecified atom stereocenters. The molecule has 8 nitrogen and oxygen atoms in total. The SMILES string of the molecule is O=S(=O)(Nc1cccc(C2OC(CN3CCOCC3)CC(c3ccc(CO)cc3)O2)c1)c1ccccc1.